The molecule has 0 spiro atoms. The predicted octanol–water partition coefficient (Wildman–Crippen LogP) is 2.28. The van der Waals surface area contributed by atoms with Gasteiger partial charge in [-0.25, -0.2) is 9.97 Å². The number of para-hydroxylation sites is 1. The molecule has 0 atom stereocenters. The van der Waals surface area contributed by atoms with Gasteiger partial charge in [0, 0.05) is 0 Å². The maximum atomic E-state index is 5.52. The highest BCUT2D eigenvalue weighted by atomic mass is 16.5. The van der Waals surface area contributed by atoms with Gasteiger partial charge in [0.25, 0.3) is 0 Å². The molecule has 0 amide bonds. The summed E-state index contributed by atoms with van der Waals surface area (Å²) in [6.07, 6.45) is 6.45. The first-order valence-corrected chi connectivity index (χ1v) is 4.99. The fourth-order valence-electron chi connectivity index (χ4n) is 1.18. The van der Waals surface area contributed by atoms with Gasteiger partial charge in [-0.1, -0.05) is 24.1 Å². The monoisotopic (exact) mass is 226 g/mol. The lowest BCUT2D eigenvalue weighted by molar-refractivity contribution is 0.350. The van der Waals surface area contributed by atoms with Crippen molar-refractivity contribution in [1.29, 1.82) is 0 Å². The molecule has 0 unspecified atom stereocenters. The van der Waals surface area contributed by atoms with Crippen LogP contribution in [-0.4, -0.2) is 16.6 Å². The molecule has 84 valence electrons. The van der Waals surface area contributed by atoms with Crippen LogP contribution in [-0.2, 0) is 0 Å². The summed E-state index contributed by atoms with van der Waals surface area (Å²) in [4.78, 5) is 7.89. The van der Waals surface area contributed by atoms with E-state index in [0.717, 1.165) is 0 Å². The molecule has 1 aromatic carbocycles. The minimum Gasteiger partial charge on any atom is -0.464 e. The van der Waals surface area contributed by atoms with Gasteiger partial charge in [0.05, 0.1) is 6.07 Å². The third kappa shape index (κ3) is 3.21. The molecule has 0 bridgehead atoms. The molecule has 0 aliphatic heterocycles. The number of hydrogen-bond donors (Lipinski definition) is 0. The van der Waals surface area contributed by atoms with E-state index in [9.17, 15) is 0 Å². The third-order valence-corrected chi connectivity index (χ3v) is 1.89. The summed E-state index contributed by atoms with van der Waals surface area (Å²) in [5, 5.41) is 0. The first-order chi connectivity index (χ1) is 8.38. The maximum Gasteiger partial charge on any atom is 0.226 e. The van der Waals surface area contributed by atoms with Crippen molar-refractivity contribution in [3.05, 3.63) is 42.7 Å². The maximum absolute atomic E-state index is 5.52. The molecule has 0 aliphatic rings. The molecular formula is C13H10N2O2. The van der Waals surface area contributed by atoms with Crippen LogP contribution in [0.3, 0.4) is 0 Å². The molecular weight excluding hydrogens is 216 g/mol. The number of aromatic nitrogens is 2. The summed E-state index contributed by atoms with van der Waals surface area (Å²) in [5.41, 5.74) is 0. The first kappa shape index (κ1) is 11.0. The van der Waals surface area contributed by atoms with Crippen LogP contribution in [0.15, 0.2) is 42.7 Å². The van der Waals surface area contributed by atoms with E-state index >= 15 is 0 Å². The Morgan fingerprint density at radius 3 is 2.65 bits per heavy atom. The molecule has 1 heterocycles. The molecule has 4 nitrogen and oxygen atoms in total. The van der Waals surface area contributed by atoms with Crippen LogP contribution in [0.5, 0.6) is 17.5 Å². The van der Waals surface area contributed by atoms with Gasteiger partial charge in [0.1, 0.15) is 12.1 Å². The van der Waals surface area contributed by atoms with Crippen molar-refractivity contribution in [3.63, 3.8) is 0 Å². The Balaban J connectivity index is 2.09. The van der Waals surface area contributed by atoms with Crippen LogP contribution in [0, 0.1) is 12.3 Å². The van der Waals surface area contributed by atoms with Crippen molar-refractivity contribution in [2.75, 3.05) is 6.61 Å². The molecule has 0 fully saturated rings. The molecule has 1 aromatic heterocycles. The molecule has 0 N–H and O–H groups in total. The Morgan fingerprint density at radius 1 is 1.12 bits per heavy atom. The number of rotatable bonds is 4. The molecule has 2 rings (SSSR count). The van der Waals surface area contributed by atoms with Crippen LogP contribution >= 0.6 is 0 Å². The fourth-order valence-corrected chi connectivity index (χ4v) is 1.18. The second-order valence-corrected chi connectivity index (χ2v) is 3.10. The van der Waals surface area contributed by atoms with Crippen molar-refractivity contribution < 1.29 is 9.47 Å². The van der Waals surface area contributed by atoms with Gasteiger partial charge in [0.2, 0.25) is 11.8 Å². The van der Waals surface area contributed by atoms with E-state index in [1.807, 2.05) is 30.3 Å². The molecule has 0 saturated heterocycles. The molecule has 4 heteroatoms. The van der Waals surface area contributed by atoms with Crippen molar-refractivity contribution in [2.24, 2.45) is 0 Å². The van der Waals surface area contributed by atoms with Gasteiger partial charge in [-0.2, -0.15) is 0 Å². The lowest BCUT2D eigenvalue weighted by Gasteiger charge is -2.05. The Morgan fingerprint density at radius 2 is 1.88 bits per heavy atom. The third-order valence-electron chi connectivity index (χ3n) is 1.89. The van der Waals surface area contributed by atoms with Gasteiger partial charge in [-0.15, -0.1) is 6.42 Å². The largest absolute Gasteiger partial charge is 0.464 e. The van der Waals surface area contributed by atoms with E-state index in [4.69, 9.17) is 15.9 Å². The van der Waals surface area contributed by atoms with E-state index in [1.54, 1.807) is 6.07 Å². The zero-order valence-electron chi connectivity index (χ0n) is 9.04. The number of nitrogens with zero attached hydrogens (tertiary/aromatic N) is 2. The van der Waals surface area contributed by atoms with Gasteiger partial charge in [-0.05, 0) is 12.1 Å². The average Bonchev–Trinajstić information content (AvgIpc) is 2.38. The Hall–Kier alpha value is -2.54. The molecule has 0 aliphatic carbocycles. The summed E-state index contributed by atoms with van der Waals surface area (Å²) >= 11 is 0. The zero-order chi connectivity index (χ0) is 11.9. The quantitative estimate of drug-likeness (QED) is 0.750. The predicted molar refractivity (Wildman–Crippen MR) is 62.9 cm³/mol. The molecule has 2 aromatic rings. The lowest BCUT2D eigenvalue weighted by atomic mass is 10.3. The smallest absolute Gasteiger partial charge is 0.226 e. The van der Waals surface area contributed by atoms with Gasteiger partial charge >= 0.3 is 0 Å². The van der Waals surface area contributed by atoms with Crippen molar-refractivity contribution in [1.82, 2.24) is 9.97 Å². The SMILES string of the molecule is C#CCOc1cc(Oc2ccccc2)ncn1. The normalized spacial score (nSPS) is 9.35. The van der Waals surface area contributed by atoms with Crippen LogP contribution in [0.1, 0.15) is 0 Å². The van der Waals surface area contributed by atoms with Gasteiger partial charge in [0.15, 0.2) is 6.61 Å². The Labute approximate surface area is 99.2 Å². The highest BCUT2D eigenvalue weighted by Crippen LogP contribution is 2.20. The molecule has 17 heavy (non-hydrogen) atoms. The van der Waals surface area contributed by atoms with Crippen LogP contribution in [0.25, 0.3) is 0 Å². The van der Waals surface area contributed by atoms with Crippen molar-refractivity contribution in [3.8, 4) is 29.9 Å². The molecule has 0 saturated carbocycles. The Bertz CT molecular complexity index is 520. The average molecular weight is 226 g/mol. The summed E-state index contributed by atoms with van der Waals surface area (Å²) in [7, 11) is 0. The minimum atomic E-state index is 0.168. The van der Waals surface area contributed by atoms with E-state index in [2.05, 4.69) is 15.9 Å². The highest BCUT2D eigenvalue weighted by molar-refractivity contribution is 5.28. The second kappa shape index (κ2) is 5.52. The summed E-state index contributed by atoms with van der Waals surface area (Å²) < 4.78 is 10.7. The molecule has 0 radical (unpaired) electrons. The van der Waals surface area contributed by atoms with Crippen molar-refractivity contribution >= 4 is 0 Å². The minimum absolute atomic E-state index is 0.168. The number of hydrogen-bond acceptors (Lipinski definition) is 4. The van der Waals surface area contributed by atoms with Crippen LogP contribution in [0.4, 0.5) is 0 Å². The number of terminal acetylenes is 1. The fraction of sp³-hybridized carbons (Fsp3) is 0.0769. The lowest BCUT2D eigenvalue weighted by Crippen LogP contribution is -1.97. The Kier molecular flexibility index (Phi) is 3.56. The van der Waals surface area contributed by atoms with Crippen LogP contribution in [0.2, 0.25) is 0 Å². The number of benzene rings is 1. The second-order valence-electron chi connectivity index (χ2n) is 3.10. The van der Waals surface area contributed by atoms with E-state index in [1.165, 1.54) is 6.33 Å². The van der Waals surface area contributed by atoms with Crippen molar-refractivity contribution in [2.45, 2.75) is 0 Å². The summed E-state index contributed by atoms with van der Waals surface area (Å²) in [5.74, 6) is 3.87. The topological polar surface area (TPSA) is 44.2 Å². The first-order valence-electron chi connectivity index (χ1n) is 4.99. The summed E-state index contributed by atoms with van der Waals surface area (Å²) in [6, 6.07) is 10.9. The van der Waals surface area contributed by atoms with E-state index in [-0.39, 0.29) is 6.61 Å². The number of ether oxygens (including phenoxy) is 2. The van der Waals surface area contributed by atoms with E-state index in [0.29, 0.717) is 17.5 Å². The standard InChI is InChI=1S/C13H10N2O2/c1-2-8-16-12-9-13(15-10-14-12)17-11-6-4-3-5-7-11/h1,3-7,9-10H,8H2. The van der Waals surface area contributed by atoms with E-state index < -0.39 is 0 Å². The van der Waals surface area contributed by atoms with Gasteiger partial charge < -0.3 is 9.47 Å². The van der Waals surface area contributed by atoms with Crippen LogP contribution < -0.4 is 9.47 Å². The van der Waals surface area contributed by atoms with Gasteiger partial charge in [-0.3, -0.25) is 0 Å². The highest BCUT2D eigenvalue weighted by Gasteiger charge is 2.01. The zero-order valence-corrected chi connectivity index (χ0v) is 9.04. The summed E-state index contributed by atoms with van der Waals surface area (Å²) in [6.45, 7) is 0.168.